The molecule has 0 radical (unpaired) electrons. The Morgan fingerprint density at radius 2 is 1.48 bits per heavy atom. The molecule has 8 nitrogen and oxygen atoms in total. The Balaban J connectivity index is 1.29. The molecule has 2 aromatic heterocycles. The summed E-state index contributed by atoms with van der Waals surface area (Å²) < 4.78 is 13.4. The van der Waals surface area contributed by atoms with E-state index < -0.39 is 5.97 Å². The van der Waals surface area contributed by atoms with Crippen molar-refractivity contribution in [3.05, 3.63) is 133 Å². The van der Waals surface area contributed by atoms with Crippen molar-refractivity contribution in [3.63, 3.8) is 0 Å². The van der Waals surface area contributed by atoms with Gasteiger partial charge in [0, 0.05) is 29.4 Å². The Bertz CT molecular complexity index is 1770. The number of carboxylic acid groups (broad SMARTS) is 1. The summed E-state index contributed by atoms with van der Waals surface area (Å²) in [5, 5.41) is 17.1. The van der Waals surface area contributed by atoms with Gasteiger partial charge >= 0.3 is 5.97 Å². The number of nitrogens with one attached hydrogen (secondary N) is 1. The molecular weight excluding hydrogens is 504 g/mol. The number of carboxylic acids is 1. The van der Waals surface area contributed by atoms with Gasteiger partial charge in [0.05, 0.1) is 5.69 Å². The highest BCUT2D eigenvalue weighted by Gasteiger charge is 2.15. The molecule has 0 unspecified atom stereocenters. The maximum Gasteiger partial charge on any atom is 0.356 e. The third-order valence-electron chi connectivity index (χ3n) is 6.13. The third kappa shape index (κ3) is 5.61. The van der Waals surface area contributed by atoms with Crippen molar-refractivity contribution in [2.75, 3.05) is 5.32 Å². The van der Waals surface area contributed by atoms with E-state index in [0.29, 0.717) is 35.3 Å². The molecule has 0 atom stereocenters. The summed E-state index contributed by atoms with van der Waals surface area (Å²) in [6, 6.07) is 37.9. The average Bonchev–Trinajstić information content (AvgIpc) is 3.43. The van der Waals surface area contributed by atoms with Gasteiger partial charge < -0.3 is 19.9 Å². The Morgan fingerprint density at radius 3 is 2.23 bits per heavy atom. The molecule has 0 aliphatic heterocycles. The predicted molar refractivity (Wildman–Crippen MR) is 152 cm³/mol. The number of benzene rings is 4. The second kappa shape index (κ2) is 11.0. The van der Waals surface area contributed by atoms with Crippen LogP contribution in [-0.4, -0.2) is 25.7 Å². The van der Waals surface area contributed by atoms with Crippen LogP contribution in [0.2, 0.25) is 0 Å². The zero-order valence-electron chi connectivity index (χ0n) is 21.3. The number of fused-ring (bicyclic) bond motifs is 1. The maximum atomic E-state index is 11.7. The summed E-state index contributed by atoms with van der Waals surface area (Å²) in [5.41, 5.74) is 3.61. The lowest BCUT2D eigenvalue weighted by Gasteiger charge is -2.13. The zero-order chi connectivity index (χ0) is 27.3. The minimum atomic E-state index is -1.13. The minimum Gasteiger partial charge on any atom is -0.489 e. The fraction of sp³-hybridized carbons (Fsp3) is 0.0312. The normalized spacial score (nSPS) is 10.8. The molecule has 40 heavy (non-hydrogen) atoms. The lowest BCUT2D eigenvalue weighted by atomic mass is 10.1. The van der Waals surface area contributed by atoms with Gasteiger partial charge in [-0.25, -0.2) is 9.78 Å². The van der Waals surface area contributed by atoms with E-state index in [4.69, 9.17) is 9.47 Å². The van der Waals surface area contributed by atoms with Crippen LogP contribution in [0.3, 0.4) is 0 Å². The third-order valence-corrected chi connectivity index (χ3v) is 6.13. The van der Waals surface area contributed by atoms with E-state index in [1.165, 1.54) is 10.6 Å². The van der Waals surface area contributed by atoms with Crippen LogP contribution >= 0.6 is 0 Å². The number of anilines is 2. The second-order valence-corrected chi connectivity index (χ2v) is 9.00. The van der Waals surface area contributed by atoms with E-state index in [1.54, 1.807) is 0 Å². The molecule has 0 aliphatic carbocycles. The van der Waals surface area contributed by atoms with Gasteiger partial charge in [-0.2, -0.15) is 9.61 Å². The standard InChI is InChI=1S/C32H24N4O4/c37-32(38)29-20-31-34-28(23-14-16-26(17-15-23)40-25-11-5-2-6-12-25)19-30(36(31)35-29)33-24-10-7-13-27(18-24)39-21-22-8-3-1-4-9-22/h1-20,33H,21H2,(H,37,38). The molecule has 196 valence electrons. The molecule has 0 amide bonds. The van der Waals surface area contributed by atoms with Gasteiger partial charge in [-0.3, -0.25) is 0 Å². The molecule has 2 N–H and O–H groups in total. The van der Waals surface area contributed by atoms with Crippen LogP contribution in [0.4, 0.5) is 11.5 Å². The largest absolute Gasteiger partial charge is 0.489 e. The SMILES string of the molecule is O=C(O)c1cc2nc(-c3ccc(Oc4ccccc4)cc3)cc(Nc3cccc(OCc4ccccc4)c3)n2n1. The molecule has 0 spiro atoms. The number of ether oxygens (including phenoxy) is 2. The summed E-state index contributed by atoms with van der Waals surface area (Å²) in [6.07, 6.45) is 0. The summed E-state index contributed by atoms with van der Waals surface area (Å²) >= 11 is 0. The van der Waals surface area contributed by atoms with Gasteiger partial charge in [0.1, 0.15) is 29.7 Å². The number of aromatic carboxylic acids is 1. The van der Waals surface area contributed by atoms with Crippen molar-refractivity contribution in [1.29, 1.82) is 0 Å². The van der Waals surface area contributed by atoms with E-state index >= 15 is 0 Å². The Kier molecular flexibility index (Phi) is 6.79. The number of aromatic nitrogens is 3. The number of para-hydroxylation sites is 1. The van der Waals surface area contributed by atoms with Gasteiger partial charge in [0.25, 0.3) is 0 Å². The summed E-state index contributed by atoms with van der Waals surface area (Å²) in [4.78, 5) is 16.3. The highest BCUT2D eigenvalue weighted by atomic mass is 16.5. The van der Waals surface area contributed by atoms with E-state index in [9.17, 15) is 9.90 Å². The minimum absolute atomic E-state index is 0.0979. The first-order valence-corrected chi connectivity index (χ1v) is 12.6. The van der Waals surface area contributed by atoms with Crippen LogP contribution in [-0.2, 0) is 6.61 Å². The summed E-state index contributed by atoms with van der Waals surface area (Å²) in [7, 11) is 0. The molecule has 0 saturated carbocycles. The number of hydrogen-bond donors (Lipinski definition) is 2. The van der Waals surface area contributed by atoms with Crippen molar-refractivity contribution >= 4 is 23.1 Å². The highest BCUT2D eigenvalue weighted by molar-refractivity contribution is 5.87. The van der Waals surface area contributed by atoms with Crippen LogP contribution in [0.5, 0.6) is 17.2 Å². The first-order valence-electron chi connectivity index (χ1n) is 12.6. The van der Waals surface area contributed by atoms with Crippen molar-refractivity contribution in [2.45, 2.75) is 6.61 Å². The van der Waals surface area contributed by atoms with Crippen LogP contribution < -0.4 is 14.8 Å². The lowest BCUT2D eigenvalue weighted by molar-refractivity contribution is 0.0690. The Morgan fingerprint density at radius 1 is 0.775 bits per heavy atom. The number of carbonyl (C=O) groups is 1. The predicted octanol–water partition coefficient (Wildman–Crippen LogP) is 7.21. The molecule has 0 aliphatic rings. The topological polar surface area (TPSA) is 98.0 Å². The van der Waals surface area contributed by atoms with Gasteiger partial charge in [-0.05, 0) is 54.1 Å². The van der Waals surface area contributed by atoms with Crippen LogP contribution in [0, 0.1) is 0 Å². The fourth-order valence-electron chi connectivity index (χ4n) is 4.19. The molecular formula is C32H24N4O4. The molecule has 0 fully saturated rings. The fourth-order valence-corrected chi connectivity index (χ4v) is 4.19. The summed E-state index contributed by atoms with van der Waals surface area (Å²) in [6.45, 7) is 0.444. The van der Waals surface area contributed by atoms with E-state index in [1.807, 2.05) is 115 Å². The summed E-state index contributed by atoms with van der Waals surface area (Å²) in [5.74, 6) is 1.56. The van der Waals surface area contributed by atoms with Gasteiger partial charge in [-0.1, -0.05) is 54.6 Å². The van der Waals surface area contributed by atoms with Crippen molar-refractivity contribution < 1.29 is 19.4 Å². The molecule has 0 bridgehead atoms. The quantitative estimate of drug-likeness (QED) is 0.205. The molecule has 0 saturated heterocycles. The zero-order valence-corrected chi connectivity index (χ0v) is 21.3. The van der Waals surface area contributed by atoms with Crippen molar-refractivity contribution in [3.8, 4) is 28.5 Å². The first kappa shape index (κ1) is 24.7. The molecule has 2 heterocycles. The van der Waals surface area contributed by atoms with Crippen LogP contribution in [0.15, 0.2) is 121 Å². The number of nitrogens with zero attached hydrogens (tertiary/aromatic N) is 3. The monoisotopic (exact) mass is 528 g/mol. The number of hydrogen-bond acceptors (Lipinski definition) is 6. The van der Waals surface area contributed by atoms with E-state index in [2.05, 4.69) is 15.4 Å². The van der Waals surface area contributed by atoms with Crippen LogP contribution in [0.25, 0.3) is 16.9 Å². The second-order valence-electron chi connectivity index (χ2n) is 9.00. The van der Waals surface area contributed by atoms with Crippen molar-refractivity contribution in [1.82, 2.24) is 14.6 Å². The number of rotatable bonds is 9. The van der Waals surface area contributed by atoms with E-state index in [0.717, 1.165) is 22.6 Å². The van der Waals surface area contributed by atoms with Crippen LogP contribution in [0.1, 0.15) is 16.1 Å². The average molecular weight is 529 g/mol. The molecule has 6 rings (SSSR count). The maximum absolute atomic E-state index is 11.7. The van der Waals surface area contributed by atoms with E-state index in [-0.39, 0.29) is 5.69 Å². The van der Waals surface area contributed by atoms with Gasteiger partial charge in [0.2, 0.25) is 0 Å². The molecule has 8 heteroatoms. The van der Waals surface area contributed by atoms with Gasteiger partial charge in [-0.15, -0.1) is 0 Å². The van der Waals surface area contributed by atoms with Crippen molar-refractivity contribution in [2.24, 2.45) is 0 Å². The Labute approximate surface area is 230 Å². The Hall–Kier alpha value is -5.63. The highest BCUT2D eigenvalue weighted by Crippen LogP contribution is 2.29. The smallest absolute Gasteiger partial charge is 0.356 e. The lowest BCUT2D eigenvalue weighted by Crippen LogP contribution is -2.04. The van der Waals surface area contributed by atoms with Gasteiger partial charge in [0.15, 0.2) is 11.3 Å². The molecule has 6 aromatic rings. The molecule has 4 aromatic carbocycles. The first-order chi connectivity index (χ1) is 19.6.